The van der Waals surface area contributed by atoms with E-state index in [2.05, 4.69) is 162 Å². The van der Waals surface area contributed by atoms with Crippen molar-refractivity contribution >= 4 is 205 Å². The van der Waals surface area contributed by atoms with Gasteiger partial charge < -0.3 is 9.13 Å². The van der Waals surface area contributed by atoms with Gasteiger partial charge in [-0.1, -0.05) is 40.5 Å². The zero-order chi connectivity index (χ0) is 47.3. The van der Waals surface area contributed by atoms with E-state index >= 15 is 0 Å². The summed E-state index contributed by atoms with van der Waals surface area (Å²) in [4.78, 5) is 40.0. The third-order valence-corrected chi connectivity index (χ3v) is 40.3. The van der Waals surface area contributed by atoms with Crippen molar-refractivity contribution in [3.8, 4) is 0 Å². The standard InChI is InChI=1S/C24H26N2O2S3.C22H24N2S3.6CH3.2Sn/c1-5-13(3)9-25-17-7-15(11-27)29-21(17)23-19(25)20-24(31-23)22-18(8-16(12-28)30-22)26(20)10-14(4)6-2;1-5-13(3)11-23-15-7-9-25-19(15)21-17(23)18-22(27-21)20-16(8-10-26-20)24(18)12-14(4)6-2;;;;;;;;/h7-8,11-14H,5-6,9-10H2,1-4H3;7-8,13-14H,5-6,11-12H2,1-4H3;6*1H3;;. The molecule has 0 saturated heterocycles. The smallest absolute Gasteiger partial charge is 0.160 e. The number of aromatic nitrogens is 4. The summed E-state index contributed by atoms with van der Waals surface area (Å²) in [5.41, 5.74) is 11.1. The van der Waals surface area contributed by atoms with Crippen molar-refractivity contribution in [3.05, 3.63) is 34.0 Å². The molecule has 4 atom stereocenters. The predicted octanol–water partition coefficient (Wildman–Crippen LogP) is 17.1. The summed E-state index contributed by atoms with van der Waals surface area (Å²) in [5.74, 6) is 2.47. The number of carbonyl (C=O) groups excluding carboxylic acids is 2. The molecule has 0 saturated carbocycles. The average molecular weight is 1210 g/mol. The molecule has 4 unspecified atom stereocenters. The minimum absolute atomic E-state index is 0.550. The topological polar surface area (TPSA) is 53.9 Å². The van der Waals surface area contributed by atoms with Crippen LogP contribution in [0.4, 0.5) is 0 Å². The van der Waals surface area contributed by atoms with Gasteiger partial charge in [0.25, 0.3) is 0 Å². The van der Waals surface area contributed by atoms with Gasteiger partial charge in [0.1, 0.15) is 0 Å². The molecule has 0 bridgehead atoms. The quantitative estimate of drug-likeness (QED) is 0.0715. The van der Waals surface area contributed by atoms with Crippen LogP contribution in [0.15, 0.2) is 24.3 Å². The molecule has 10 rings (SSSR count). The number of fused-ring (bicyclic) bond motifs is 14. The minimum atomic E-state index is -2.13. The number of thiophene rings is 6. The van der Waals surface area contributed by atoms with Crippen LogP contribution in [0.1, 0.15) is 100 Å². The molecule has 0 aromatic carbocycles. The van der Waals surface area contributed by atoms with E-state index in [-0.39, 0.29) is 0 Å². The van der Waals surface area contributed by atoms with Crippen LogP contribution in [0.3, 0.4) is 0 Å². The summed E-state index contributed by atoms with van der Waals surface area (Å²) in [5, 5.41) is 0. The first-order chi connectivity index (χ1) is 31.3. The van der Waals surface area contributed by atoms with Crippen molar-refractivity contribution in [3.63, 3.8) is 0 Å². The Hall–Kier alpha value is -1.66. The van der Waals surface area contributed by atoms with Crippen molar-refractivity contribution in [1.29, 1.82) is 0 Å². The summed E-state index contributed by atoms with van der Waals surface area (Å²) < 4.78 is 25.1. The first kappa shape index (κ1) is 49.3. The molecule has 14 heteroatoms. The molecule has 10 aromatic heterocycles. The number of hydrogen-bond donors (Lipinski definition) is 0. The molecular formula is C52H68N4O2S6Sn2. The first-order valence-corrected chi connectivity index (χ1v) is 49.1. The molecule has 0 N–H and O–H groups in total. The zero-order valence-corrected chi connectivity index (χ0v) is 52.1. The Morgan fingerprint density at radius 2 is 0.667 bits per heavy atom. The van der Waals surface area contributed by atoms with Gasteiger partial charge in [-0.3, -0.25) is 9.59 Å². The van der Waals surface area contributed by atoms with Crippen LogP contribution in [0.2, 0.25) is 29.6 Å². The average Bonchev–Trinajstić information content (AvgIpc) is 4.13. The van der Waals surface area contributed by atoms with E-state index in [0.717, 1.165) is 61.3 Å². The van der Waals surface area contributed by atoms with Crippen LogP contribution >= 0.6 is 68.0 Å². The van der Waals surface area contributed by atoms with Gasteiger partial charge in [0.05, 0.1) is 50.6 Å². The van der Waals surface area contributed by atoms with Gasteiger partial charge >= 0.3 is 234 Å². The molecule has 6 nitrogen and oxygen atoms in total. The zero-order valence-electron chi connectivity index (χ0n) is 41.5. The van der Waals surface area contributed by atoms with E-state index in [9.17, 15) is 9.59 Å². The molecular weight excluding hydrogens is 1140 g/mol. The summed E-state index contributed by atoms with van der Waals surface area (Å²) in [6.45, 7) is 22.7. The second-order valence-electron chi connectivity index (χ2n) is 21.5. The fourth-order valence-electron chi connectivity index (χ4n) is 9.32. The number of carbonyl (C=O) groups is 2. The fourth-order valence-corrected chi connectivity index (χ4v) is 27.1. The Kier molecular flexibility index (Phi) is 14.1. The van der Waals surface area contributed by atoms with Gasteiger partial charge in [-0.25, -0.2) is 0 Å². The Bertz CT molecular complexity index is 3200. The molecule has 0 aliphatic carbocycles. The van der Waals surface area contributed by atoms with Crippen molar-refractivity contribution in [2.75, 3.05) is 0 Å². The molecule has 66 heavy (non-hydrogen) atoms. The molecule has 10 heterocycles. The van der Waals surface area contributed by atoms with Gasteiger partial charge in [-0.15, -0.1) is 34.0 Å². The fraction of sp³-hybridized carbons (Fsp3) is 0.500. The van der Waals surface area contributed by atoms with Crippen LogP contribution < -0.4 is 5.79 Å². The molecule has 0 spiro atoms. The second kappa shape index (κ2) is 18.8. The largest absolute Gasteiger partial charge is 0.337 e. The molecule has 0 aliphatic rings. The summed E-state index contributed by atoms with van der Waals surface area (Å²) in [6.07, 6.45) is 6.63. The maximum absolute atomic E-state index is 11.5. The van der Waals surface area contributed by atoms with Crippen LogP contribution in [0, 0.1) is 23.7 Å². The third kappa shape index (κ3) is 8.48. The molecule has 352 valence electrons. The Balaban J connectivity index is 0.000000167. The molecule has 0 amide bonds. The number of hydrogen-bond acceptors (Lipinski definition) is 8. The van der Waals surface area contributed by atoms with Gasteiger partial charge in [0.15, 0.2) is 12.6 Å². The van der Waals surface area contributed by atoms with Crippen molar-refractivity contribution in [2.45, 2.75) is 137 Å². The number of nitrogens with zero attached hydrogens (tertiary/aromatic N) is 4. The Morgan fingerprint density at radius 1 is 0.409 bits per heavy atom. The van der Waals surface area contributed by atoms with E-state index in [0.29, 0.717) is 23.7 Å². The van der Waals surface area contributed by atoms with Crippen molar-refractivity contribution in [1.82, 2.24) is 18.3 Å². The number of rotatable bonds is 16. The van der Waals surface area contributed by atoms with E-state index < -0.39 is 36.8 Å². The van der Waals surface area contributed by atoms with Crippen molar-refractivity contribution in [2.24, 2.45) is 23.7 Å². The maximum atomic E-state index is 11.5. The monoisotopic (exact) mass is 1210 g/mol. The third-order valence-electron chi connectivity index (χ3n) is 14.1. The van der Waals surface area contributed by atoms with Crippen LogP contribution in [-0.4, -0.2) is 67.6 Å². The normalized spacial score (nSPS) is 14.9. The van der Waals surface area contributed by atoms with Crippen LogP contribution in [0.5, 0.6) is 0 Å². The van der Waals surface area contributed by atoms with Gasteiger partial charge in [0.2, 0.25) is 0 Å². The Morgan fingerprint density at radius 3 is 0.909 bits per heavy atom. The van der Waals surface area contributed by atoms with E-state index in [4.69, 9.17) is 0 Å². The van der Waals surface area contributed by atoms with Gasteiger partial charge in [-0.2, -0.15) is 0 Å². The molecule has 0 aliphatic heterocycles. The van der Waals surface area contributed by atoms with Gasteiger partial charge in [0, 0.05) is 13.1 Å². The van der Waals surface area contributed by atoms with E-state index in [1.54, 1.807) is 47.3 Å². The second-order valence-corrected chi connectivity index (χ2v) is 58.7. The summed E-state index contributed by atoms with van der Waals surface area (Å²) >= 11 is 7.13. The van der Waals surface area contributed by atoms with Crippen LogP contribution in [0.25, 0.3) is 81.7 Å². The summed E-state index contributed by atoms with van der Waals surface area (Å²) in [7, 11) is 0. The van der Waals surface area contributed by atoms with E-state index in [1.165, 1.54) is 75.8 Å². The van der Waals surface area contributed by atoms with Crippen molar-refractivity contribution < 1.29 is 9.59 Å². The summed E-state index contributed by atoms with van der Waals surface area (Å²) in [6, 6.07) is 9.33. The van der Waals surface area contributed by atoms with Crippen LogP contribution in [-0.2, 0) is 26.2 Å². The molecule has 0 fully saturated rings. The maximum Gasteiger partial charge on any atom is 0.160 e. The number of aldehydes is 2. The Labute approximate surface area is 422 Å². The minimum Gasteiger partial charge on any atom is -0.337 e. The molecule has 0 radical (unpaired) electrons. The first-order valence-electron chi connectivity index (χ1n) is 24.3. The van der Waals surface area contributed by atoms with Gasteiger partial charge in [-0.05, 0) is 24.0 Å². The predicted molar refractivity (Wildman–Crippen MR) is 307 cm³/mol. The molecule has 10 aromatic rings. The van der Waals surface area contributed by atoms with E-state index in [1.807, 2.05) is 11.3 Å². The SMILES string of the molecule is CCC(C)Cn1c2c[c]([Sn]([CH3])([CH3])[CH3])sc2c2sc3c4s[c]([Sn]([CH3])([CH3])[CH3])cc4n(CC(C)CC)c3c21.CCC(C)Cn1c2cc(C=O)sc2c2sc3c4sc(C=O)cc4n(CC(C)CC)c3c21.